The Kier molecular flexibility index (Phi) is 2.95. The lowest BCUT2D eigenvalue weighted by atomic mass is 9.94. The molecule has 2 rings (SSSR count). The van der Waals surface area contributed by atoms with Gasteiger partial charge in [0.1, 0.15) is 18.0 Å². The van der Waals surface area contributed by atoms with Crippen LogP contribution < -0.4 is 0 Å². The summed E-state index contributed by atoms with van der Waals surface area (Å²) >= 11 is 0. The molecule has 0 saturated heterocycles. The Morgan fingerprint density at radius 2 is 2.19 bits per heavy atom. The molecule has 0 aromatic heterocycles. The van der Waals surface area contributed by atoms with Crippen molar-refractivity contribution in [2.45, 2.75) is 32.2 Å². The lowest BCUT2D eigenvalue weighted by Gasteiger charge is -2.19. The molecular formula is C13H16FNO. The van der Waals surface area contributed by atoms with E-state index in [1.54, 1.807) is 12.1 Å². The Balaban J connectivity index is 2.31. The summed E-state index contributed by atoms with van der Waals surface area (Å²) < 4.78 is 19.2. The minimum absolute atomic E-state index is 0.213. The Bertz CT molecular complexity index is 416. The zero-order valence-electron chi connectivity index (χ0n) is 9.66. The van der Waals surface area contributed by atoms with Crippen LogP contribution in [0.25, 0.3) is 0 Å². The molecule has 0 aliphatic carbocycles. The molecule has 0 fully saturated rings. The molecule has 1 aliphatic rings. The summed E-state index contributed by atoms with van der Waals surface area (Å²) in [7, 11) is 0. The van der Waals surface area contributed by atoms with Crippen LogP contribution in [0.1, 0.15) is 32.3 Å². The summed E-state index contributed by atoms with van der Waals surface area (Å²) in [6, 6.07) is 6.76. The number of hydrogen-bond acceptors (Lipinski definition) is 2. The van der Waals surface area contributed by atoms with E-state index in [9.17, 15) is 4.39 Å². The molecular weight excluding hydrogens is 205 g/mol. The van der Waals surface area contributed by atoms with E-state index in [1.165, 1.54) is 6.07 Å². The molecule has 0 amide bonds. The van der Waals surface area contributed by atoms with Gasteiger partial charge in [0.15, 0.2) is 5.90 Å². The number of benzene rings is 1. The molecule has 1 atom stereocenters. The standard InChI is InChI=1S/C13H16FNO/c1-3-6-12-15-13(2,9-16-12)10-7-4-5-8-11(10)14/h4-5,7-8H,3,6,9H2,1-2H3/t13-/m0/s1. The van der Waals surface area contributed by atoms with Crippen molar-refractivity contribution in [1.82, 2.24) is 0 Å². The molecule has 0 unspecified atom stereocenters. The van der Waals surface area contributed by atoms with E-state index >= 15 is 0 Å². The van der Waals surface area contributed by atoms with Gasteiger partial charge in [-0.05, 0) is 19.4 Å². The highest BCUT2D eigenvalue weighted by Gasteiger charge is 2.35. The molecule has 3 heteroatoms. The fourth-order valence-electron chi connectivity index (χ4n) is 1.94. The maximum atomic E-state index is 13.7. The van der Waals surface area contributed by atoms with Gasteiger partial charge in [-0.15, -0.1) is 0 Å². The highest BCUT2D eigenvalue weighted by Crippen LogP contribution is 2.32. The minimum atomic E-state index is -0.560. The van der Waals surface area contributed by atoms with Crippen molar-refractivity contribution < 1.29 is 9.13 Å². The van der Waals surface area contributed by atoms with Crippen molar-refractivity contribution in [3.05, 3.63) is 35.6 Å². The third-order valence-corrected chi connectivity index (χ3v) is 2.81. The van der Waals surface area contributed by atoms with E-state index in [0.29, 0.717) is 12.2 Å². The fraction of sp³-hybridized carbons (Fsp3) is 0.462. The second kappa shape index (κ2) is 4.24. The lowest BCUT2D eigenvalue weighted by molar-refractivity contribution is 0.260. The molecule has 2 nitrogen and oxygen atoms in total. The topological polar surface area (TPSA) is 21.6 Å². The number of halogens is 1. The molecule has 0 saturated carbocycles. The van der Waals surface area contributed by atoms with Gasteiger partial charge in [-0.2, -0.15) is 0 Å². The van der Waals surface area contributed by atoms with Crippen LogP contribution in [0.2, 0.25) is 0 Å². The summed E-state index contributed by atoms with van der Waals surface area (Å²) in [5, 5.41) is 0. The summed E-state index contributed by atoms with van der Waals surface area (Å²) in [4.78, 5) is 4.50. The predicted molar refractivity (Wildman–Crippen MR) is 62.0 cm³/mol. The Morgan fingerprint density at radius 1 is 1.44 bits per heavy atom. The van der Waals surface area contributed by atoms with Crippen molar-refractivity contribution in [1.29, 1.82) is 0 Å². The lowest BCUT2D eigenvalue weighted by Crippen LogP contribution is -2.22. The molecule has 0 radical (unpaired) electrons. The molecule has 1 aromatic carbocycles. The van der Waals surface area contributed by atoms with Gasteiger partial charge in [0.05, 0.1) is 0 Å². The van der Waals surface area contributed by atoms with E-state index in [0.717, 1.165) is 18.7 Å². The van der Waals surface area contributed by atoms with E-state index in [-0.39, 0.29) is 5.82 Å². The van der Waals surface area contributed by atoms with Gasteiger partial charge in [-0.3, -0.25) is 0 Å². The smallest absolute Gasteiger partial charge is 0.184 e. The average molecular weight is 221 g/mol. The van der Waals surface area contributed by atoms with Crippen LogP contribution >= 0.6 is 0 Å². The maximum Gasteiger partial charge on any atom is 0.184 e. The number of rotatable bonds is 3. The predicted octanol–water partition coefficient (Wildman–Crippen LogP) is 3.27. The third kappa shape index (κ3) is 1.94. The minimum Gasteiger partial charge on any atom is -0.478 e. The molecule has 1 heterocycles. The number of nitrogens with zero attached hydrogens (tertiary/aromatic N) is 1. The zero-order chi connectivity index (χ0) is 11.6. The molecule has 86 valence electrons. The summed E-state index contributed by atoms with van der Waals surface area (Å²) in [5.74, 6) is 0.531. The van der Waals surface area contributed by atoms with Crippen LogP contribution in [0, 0.1) is 5.82 Å². The molecule has 0 spiro atoms. The van der Waals surface area contributed by atoms with Gasteiger partial charge < -0.3 is 4.74 Å². The average Bonchev–Trinajstić information content (AvgIpc) is 2.62. The van der Waals surface area contributed by atoms with Crippen LogP contribution in [-0.2, 0) is 10.3 Å². The Hall–Kier alpha value is -1.38. The first kappa shape index (κ1) is 11.1. The Labute approximate surface area is 95.2 Å². The van der Waals surface area contributed by atoms with Crippen molar-refractivity contribution in [3.8, 4) is 0 Å². The first-order valence-electron chi connectivity index (χ1n) is 5.62. The van der Waals surface area contributed by atoms with Crippen LogP contribution in [0.3, 0.4) is 0 Å². The van der Waals surface area contributed by atoms with Crippen molar-refractivity contribution >= 4 is 5.90 Å². The largest absolute Gasteiger partial charge is 0.478 e. The van der Waals surface area contributed by atoms with Gasteiger partial charge in [0.25, 0.3) is 0 Å². The van der Waals surface area contributed by atoms with E-state index in [1.807, 2.05) is 13.0 Å². The highest BCUT2D eigenvalue weighted by molar-refractivity contribution is 5.78. The third-order valence-electron chi connectivity index (χ3n) is 2.81. The highest BCUT2D eigenvalue weighted by atomic mass is 19.1. The van der Waals surface area contributed by atoms with E-state index in [2.05, 4.69) is 11.9 Å². The first-order valence-corrected chi connectivity index (χ1v) is 5.62. The fourth-order valence-corrected chi connectivity index (χ4v) is 1.94. The van der Waals surface area contributed by atoms with Crippen LogP contribution in [0.4, 0.5) is 4.39 Å². The van der Waals surface area contributed by atoms with Crippen molar-refractivity contribution in [2.75, 3.05) is 6.61 Å². The number of aliphatic imine (C=N–C) groups is 1. The van der Waals surface area contributed by atoms with Crippen LogP contribution in [0.15, 0.2) is 29.3 Å². The second-order valence-corrected chi connectivity index (χ2v) is 4.30. The first-order chi connectivity index (χ1) is 7.65. The summed E-state index contributed by atoms with van der Waals surface area (Å²) in [6.45, 7) is 4.42. The number of hydrogen-bond donors (Lipinski definition) is 0. The van der Waals surface area contributed by atoms with E-state index in [4.69, 9.17) is 4.74 Å². The molecule has 1 aliphatic heterocycles. The maximum absolute atomic E-state index is 13.7. The van der Waals surface area contributed by atoms with Gasteiger partial charge in [0, 0.05) is 12.0 Å². The van der Waals surface area contributed by atoms with Gasteiger partial charge in [-0.25, -0.2) is 9.38 Å². The monoisotopic (exact) mass is 221 g/mol. The summed E-state index contributed by atoms with van der Waals surface area (Å²) in [6.07, 6.45) is 1.82. The van der Waals surface area contributed by atoms with Gasteiger partial charge in [-0.1, -0.05) is 25.1 Å². The molecule has 0 bridgehead atoms. The number of ether oxygens (including phenoxy) is 1. The van der Waals surface area contributed by atoms with Crippen LogP contribution in [-0.4, -0.2) is 12.5 Å². The van der Waals surface area contributed by atoms with Crippen LogP contribution in [0.5, 0.6) is 0 Å². The van der Waals surface area contributed by atoms with Gasteiger partial charge in [0.2, 0.25) is 0 Å². The van der Waals surface area contributed by atoms with Gasteiger partial charge >= 0.3 is 0 Å². The molecule has 16 heavy (non-hydrogen) atoms. The summed E-state index contributed by atoms with van der Waals surface area (Å²) in [5.41, 5.74) is 0.0525. The van der Waals surface area contributed by atoms with Crippen molar-refractivity contribution in [3.63, 3.8) is 0 Å². The van der Waals surface area contributed by atoms with Crippen molar-refractivity contribution in [2.24, 2.45) is 4.99 Å². The normalized spacial score (nSPS) is 24.1. The second-order valence-electron chi connectivity index (χ2n) is 4.30. The zero-order valence-corrected chi connectivity index (χ0v) is 9.66. The quantitative estimate of drug-likeness (QED) is 0.767. The SMILES string of the molecule is CCCC1=N[C@](C)(c2ccccc2F)CO1. The molecule has 1 aromatic rings. The van der Waals surface area contributed by atoms with E-state index < -0.39 is 5.54 Å². The molecule has 0 N–H and O–H groups in total. The Morgan fingerprint density at radius 3 is 2.88 bits per heavy atom.